The Morgan fingerprint density at radius 3 is 2.38 bits per heavy atom. The average molecular weight is 327 g/mol. The van der Waals surface area contributed by atoms with Crippen LogP contribution in [0.25, 0.3) is 11.3 Å². The van der Waals surface area contributed by atoms with E-state index in [1.54, 1.807) is 0 Å². The van der Waals surface area contributed by atoms with Crippen molar-refractivity contribution < 1.29 is 13.6 Å². The number of carbonyl (C=O) groups excluding carboxylic acids is 1. The number of anilines is 1. The van der Waals surface area contributed by atoms with Crippen LogP contribution in [0.2, 0.25) is 0 Å². The quantitative estimate of drug-likeness (QED) is 0.755. The van der Waals surface area contributed by atoms with E-state index in [0.717, 1.165) is 17.7 Å². The van der Waals surface area contributed by atoms with Gasteiger partial charge in [-0.05, 0) is 18.6 Å². The molecule has 0 aliphatic rings. The third-order valence-corrected chi connectivity index (χ3v) is 3.67. The van der Waals surface area contributed by atoms with E-state index in [2.05, 4.69) is 15.5 Å². The van der Waals surface area contributed by atoms with Crippen LogP contribution in [0.1, 0.15) is 23.0 Å². The van der Waals surface area contributed by atoms with E-state index < -0.39 is 23.1 Å². The van der Waals surface area contributed by atoms with Crippen molar-refractivity contribution in [3.05, 3.63) is 71.4 Å². The Hall–Kier alpha value is -3.02. The molecule has 4 nitrogen and oxygen atoms in total. The fourth-order valence-corrected chi connectivity index (χ4v) is 2.46. The molecule has 6 heteroatoms. The maximum Gasteiger partial charge on any atom is 0.261 e. The Morgan fingerprint density at radius 1 is 1.08 bits per heavy atom. The van der Waals surface area contributed by atoms with Crippen LogP contribution < -0.4 is 5.32 Å². The van der Waals surface area contributed by atoms with Gasteiger partial charge in [0.05, 0.1) is 11.4 Å². The summed E-state index contributed by atoms with van der Waals surface area (Å²) in [6.45, 7) is 1.89. The molecule has 1 heterocycles. The predicted octanol–water partition coefficient (Wildman–Crippen LogP) is 4.17. The van der Waals surface area contributed by atoms with Crippen molar-refractivity contribution in [2.24, 2.45) is 0 Å². The zero-order valence-electron chi connectivity index (χ0n) is 12.9. The number of carbonyl (C=O) groups is 1. The number of halogens is 2. The summed E-state index contributed by atoms with van der Waals surface area (Å²) >= 11 is 0. The van der Waals surface area contributed by atoms with Crippen LogP contribution in [0.5, 0.6) is 0 Å². The number of H-pyrrole nitrogens is 1. The largest absolute Gasteiger partial charge is 0.318 e. The van der Waals surface area contributed by atoms with Gasteiger partial charge in [-0.2, -0.15) is 5.10 Å². The van der Waals surface area contributed by atoms with E-state index in [9.17, 15) is 13.6 Å². The summed E-state index contributed by atoms with van der Waals surface area (Å²) in [6.07, 6.45) is 0.579. The molecule has 0 aliphatic heterocycles. The van der Waals surface area contributed by atoms with E-state index in [4.69, 9.17) is 0 Å². The highest BCUT2D eigenvalue weighted by atomic mass is 19.1. The van der Waals surface area contributed by atoms with Gasteiger partial charge in [0.1, 0.15) is 22.9 Å². The molecule has 0 bridgehead atoms. The first-order valence-corrected chi connectivity index (χ1v) is 7.49. The summed E-state index contributed by atoms with van der Waals surface area (Å²) < 4.78 is 27.6. The fraction of sp³-hybridized carbons (Fsp3) is 0.111. The highest BCUT2D eigenvalue weighted by Crippen LogP contribution is 2.29. The predicted molar refractivity (Wildman–Crippen MR) is 87.7 cm³/mol. The minimum Gasteiger partial charge on any atom is -0.318 e. The van der Waals surface area contributed by atoms with E-state index >= 15 is 0 Å². The van der Waals surface area contributed by atoms with E-state index in [0.29, 0.717) is 23.5 Å². The smallest absolute Gasteiger partial charge is 0.261 e. The molecule has 0 atom stereocenters. The minimum atomic E-state index is -0.907. The zero-order chi connectivity index (χ0) is 17.1. The van der Waals surface area contributed by atoms with Crippen LogP contribution in [-0.2, 0) is 6.42 Å². The maximum atomic E-state index is 13.8. The Morgan fingerprint density at radius 2 is 1.75 bits per heavy atom. The molecule has 3 aromatic rings. The maximum absolute atomic E-state index is 13.8. The van der Waals surface area contributed by atoms with Gasteiger partial charge in [-0.25, -0.2) is 8.78 Å². The lowest BCUT2D eigenvalue weighted by Gasteiger charge is -2.09. The highest BCUT2D eigenvalue weighted by molar-refractivity contribution is 6.06. The number of aromatic amines is 1. The van der Waals surface area contributed by atoms with Crippen LogP contribution >= 0.6 is 0 Å². The summed E-state index contributed by atoms with van der Waals surface area (Å²) in [4.78, 5) is 12.4. The summed E-state index contributed by atoms with van der Waals surface area (Å²) in [6, 6.07) is 12.5. The molecule has 122 valence electrons. The molecule has 0 saturated heterocycles. The van der Waals surface area contributed by atoms with Crippen LogP contribution in [0.3, 0.4) is 0 Å². The van der Waals surface area contributed by atoms with Crippen molar-refractivity contribution in [2.45, 2.75) is 13.3 Å². The second kappa shape index (κ2) is 6.62. The molecule has 3 rings (SSSR count). The number of nitrogens with zero attached hydrogens (tertiary/aromatic N) is 1. The number of hydrogen-bond acceptors (Lipinski definition) is 2. The lowest BCUT2D eigenvalue weighted by atomic mass is 10.1. The summed E-state index contributed by atoms with van der Waals surface area (Å²) in [5.41, 5.74) is 1.81. The van der Waals surface area contributed by atoms with Gasteiger partial charge in [0.25, 0.3) is 5.91 Å². The van der Waals surface area contributed by atoms with Gasteiger partial charge >= 0.3 is 0 Å². The van der Waals surface area contributed by atoms with Crippen LogP contribution in [0, 0.1) is 11.6 Å². The number of aromatic nitrogens is 2. The monoisotopic (exact) mass is 327 g/mol. The van der Waals surface area contributed by atoms with Crippen molar-refractivity contribution in [2.75, 3.05) is 5.32 Å². The summed E-state index contributed by atoms with van der Waals surface area (Å²) in [7, 11) is 0. The standard InChI is InChI=1S/C18H15F2N3O/c1-2-14-17(16(23-22-14)11-7-4-3-5-8-11)21-18(24)15-12(19)9-6-10-13(15)20/h3-10H,2H2,1H3,(H,21,24)(H,22,23). The molecule has 0 radical (unpaired) electrons. The van der Waals surface area contributed by atoms with Crippen molar-refractivity contribution in [1.82, 2.24) is 10.2 Å². The number of benzene rings is 2. The summed E-state index contributed by atoms with van der Waals surface area (Å²) in [5.74, 6) is -2.66. The first-order chi connectivity index (χ1) is 11.6. The van der Waals surface area contributed by atoms with Crippen LogP contribution in [0.15, 0.2) is 48.5 Å². The second-order valence-corrected chi connectivity index (χ2v) is 5.20. The molecule has 2 N–H and O–H groups in total. The molecule has 0 spiro atoms. The number of aryl methyl sites for hydroxylation is 1. The van der Waals surface area contributed by atoms with Crippen molar-refractivity contribution in [3.8, 4) is 11.3 Å². The molecule has 1 amide bonds. The van der Waals surface area contributed by atoms with Crippen LogP contribution in [0.4, 0.5) is 14.5 Å². The molecular weight excluding hydrogens is 312 g/mol. The number of rotatable bonds is 4. The van der Waals surface area contributed by atoms with Gasteiger partial charge in [-0.3, -0.25) is 9.89 Å². The third-order valence-electron chi connectivity index (χ3n) is 3.67. The van der Waals surface area contributed by atoms with Gasteiger partial charge < -0.3 is 5.32 Å². The lowest BCUT2D eigenvalue weighted by Crippen LogP contribution is -2.16. The van der Waals surface area contributed by atoms with E-state index in [-0.39, 0.29) is 0 Å². The SMILES string of the molecule is CCc1[nH]nc(-c2ccccc2)c1NC(=O)c1c(F)cccc1F. The minimum absolute atomic E-state index is 0.427. The average Bonchev–Trinajstić information content (AvgIpc) is 2.98. The number of nitrogens with one attached hydrogen (secondary N) is 2. The second-order valence-electron chi connectivity index (χ2n) is 5.20. The number of amides is 1. The molecule has 1 aromatic heterocycles. The first kappa shape index (κ1) is 15.9. The molecule has 24 heavy (non-hydrogen) atoms. The Kier molecular flexibility index (Phi) is 4.37. The topological polar surface area (TPSA) is 57.8 Å². The molecule has 0 aliphatic carbocycles. The fourth-order valence-electron chi connectivity index (χ4n) is 2.46. The Balaban J connectivity index is 2.01. The highest BCUT2D eigenvalue weighted by Gasteiger charge is 2.21. The summed E-state index contributed by atoms with van der Waals surface area (Å²) in [5, 5.41) is 9.67. The Bertz CT molecular complexity index is 855. The number of hydrogen-bond donors (Lipinski definition) is 2. The molecule has 2 aromatic carbocycles. The molecule has 0 saturated carbocycles. The van der Waals surface area contributed by atoms with Gasteiger partial charge in [-0.1, -0.05) is 43.3 Å². The van der Waals surface area contributed by atoms with Crippen molar-refractivity contribution in [1.29, 1.82) is 0 Å². The Labute approximate surface area is 137 Å². The lowest BCUT2D eigenvalue weighted by molar-refractivity contribution is 0.101. The van der Waals surface area contributed by atoms with E-state index in [1.165, 1.54) is 6.07 Å². The third kappa shape index (κ3) is 2.90. The van der Waals surface area contributed by atoms with Crippen LogP contribution in [-0.4, -0.2) is 16.1 Å². The van der Waals surface area contributed by atoms with Gasteiger partial charge in [-0.15, -0.1) is 0 Å². The van der Waals surface area contributed by atoms with Gasteiger partial charge in [0.15, 0.2) is 0 Å². The van der Waals surface area contributed by atoms with E-state index in [1.807, 2.05) is 37.3 Å². The molecular formula is C18H15F2N3O. The first-order valence-electron chi connectivity index (χ1n) is 7.49. The zero-order valence-corrected chi connectivity index (χ0v) is 12.9. The molecule has 0 fully saturated rings. The van der Waals surface area contributed by atoms with Gasteiger partial charge in [0.2, 0.25) is 0 Å². The van der Waals surface area contributed by atoms with Crippen molar-refractivity contribution >= 4 is 11.6 Å². The molecule has 0 unspecified atom stereocenters. The van der Waals surface area contributed by atoms with Gasteiger partial charge in [0, 0.05) is 5.56 Å². The normalized spacial score (nSPS) is 10.6. The van der Waals surface area contributed by atoms with Crippen molar-refractivity contribution in [3.63, 3.8) is 0 Å².